The molecule has 1 aliphatic carbocycles. The van der Waals surface area contributed by atoms with Crippen LogP contribution in [0.15, 0.2) is 42.5 Å². The second kappa shape index (κ2) is 9.65. The molecule has 1 fully saturated rings. The first-order chi connectivity index (χ1) is 14.2. The molecule has 0 spiro atoms. The molecule has 162 valence electrons. The summed E-state index contributed by atoms with van der Waals surface area (Å²) in [7, 11) is 0. The van der Waals surface area contributed by atoms with Gasteiger partial charge in [-0.25, -0.2) is 0 Å². The number of nitrogens with zero attached hydrogens (tertiary/aromatic N) is 1. The third kappa shape index (κ3) is 6.09. The van der Waals surface area contributed by atoms with Crippen LogP contribution in [0, 0.1) is 11.3 Å². The molecule has 0 amide bonds. The maximum atomic E-state index is 10.8. The van der Waals surface area contributed by atoms with E-state index in [1.54, 1.807) is 12.1 Å². The predicted molar refractivity (Wildman–Crippen MR) is 121 cm³/mol. The fraction of sp³-hybridized carbons (Fsp3) is 0.500. The third-order valence-electron chi connectivity index (χ3n) is 6.38. The molecule has 1 heterocycles. The van der Waals surface area contributed by atoms with Crippen LogP contribution in [-0.4, -0.2) is 27.6 Å². The maximum Gasteiger partial charge on any atom is 0.317 e. The van der Waals surface area contributed by atoms with E-state index in [-0.39, 0.29) is 12.3 Å². The predicted octanol–water partition coefficient (Wildman–Crippen LogP) is 6.07. The van der Waals surface area contributed by atoms with Crippen molar-refractivity contribution in [2.45, 2.75) is 66.0 Å². The summed E-state index contributed by atoms with van der Waals surface area (Å²) in [5.41, 5.74) is 5.06. The Morgan fingerprint density at radius 2 is 1.53 bits per heavy atom. The average molecular weight is 410 g/mol. The van der Waals surface area contributed by atoms with Gasteiger partial charge in [0.1, 0.15) is 5.75 Å². The first-order valence-corrected chi connectivity index (χ1v) is 11.1. The first kappa shape index (κ1) is 22.4. The van der Waals surface area contributed by atoms with Crippen molar-refractivity contribution >= 4 is 5.97 Å². The Bertz CT molecular complexity index is 846. The molecule has 0 bridgehead atoms. The van der Waals surface area contributed by atoms with Crippen LogP contribution in [0.5, 0.6) is 5.75 Å². The largest absolute Gasteiger partial charge is 0.508 e. The Morgan fingerprint density at radius 3 is 2.10 bits per heavy atom. The van der Waals surface area contributed by atoms with Gasteiger partial charge < -0.3 is 10.2 Å². The molecule has 2 N–H and O–H groups in total. The van der Waals surface area contributed by atoms with Crippen LogP contribution in [0.25, 0.3) is 11.1 Å². The molecule has 4 heteroatoms. The van der Waals surface area contributed by atoms with Crippen molar-refractivity contribution in [3.05, 3.63) is 53.6 Å². The summed E-state index contributed by atoms with van der Waals surface area (Å²) in [4.78, 5) is 12.7. The van der Waals surface area contributed by atoms with E-state index in [0.717, 1.165) is 17.0 Å². The number of carbonyl (C=O) groups is 1. The molecule has 2 aliphatic rings. The van der Waals surface area contributed by atoms with Crippen molar-refractivity contribution in [3.8, 4) is 16.9 Å². The lowest BCUT2D eigenvalue weighted by Gasteiger charge is -2.33. The highest BCUT2D eigenvalue weighted by atomic mass is 16.4. The van der Waals surface area contributed by atoms with Crippen LogP contribution in [0.1, 0.15) is 64.0 Å². The summed E-state index contributed by atoms with van der Waals surface area (Å²) in [5.74, 6) is 0.459. The van der Waals surface area contributed by atoms with Crippen LogP contribution in [0.2, 0.25) is 0 Å². The van der Waals surface area contributed by atoms with Crippen molar-refractivity contribution in [2.24, 2.45) is 11.3 Å². The van der Waals surface area contributed by atoms with Gasteiger partial charge in [-0.05, 0) is 64.6 Å². The van der Waals surface area contributed by atoms with Crippen LogP contribution < -0.4 is 0 Å². The minimum Gasteiger partial charge on any atom is -0.508 e. The number of hydrogen-bond acceptors (Lipinski definition) is 3. The minimum atomic E-state index is -0.795. The summed E-state index contributed by atoms with van der Waals surface area (Å²) >= 11 is 0. The molecule has 0 radical (unpaired) electrons. The van der Waals surface area contributed by atoms with Gasteiger partial charge in [-0.1, -0.05) is 64.3 Å². The minimum absolute atomic E-state index is 0.0726. The van der Waals surface area contributed by atoms with Gasteiger partial charge >= 0.3 is 5.97 Å². The van der Waals surface area contributed by atoms with E-state index in [0.29, 0.717) is 18.5 Å². The molecule has 1 saturated carbocycles. The number of aliphatic carboxylic acids is 1. The van der Waals surface area contributed by atoms with Crippen LogP contribution in [0.3, 0.4) is 0 Å². The number of phenolic OH excluding ortho intramolecular Hbond substituents is 1. The normalized spacial score (nSPS) is 17.2. The van der Waals surface area contributed by atoms with Gasteiger partial charge in [-0.3, -0.25) is 9.69 Å². The summed E-state index contributed by atoms with van der Waals surface area (Å²) in [6.45, 7) is 8.57. The molecule has 0 atom stereocenters. The Balaban J connectivity index is 0.000000216. The molecular formula is C26H35NO3. The summed E-state index contributed by atoms with van der Waals surface area (Å²) in [5, 5.41) is 18.2. The SMILES string of the molecule is CC(C)(C)C1CCCCC1.O=C(O)CN1Cc2ccc(-c3ccc(O)cc3)cc2C1. The van der Waals surface area contributed by atoms with E-state index in [1.165, 1.54) is 43.2 Å². The summed E-state index contributed by atoms with van der Waals surface area (Å²) < 4.78 is 0. The van der Waals surface area contributed by atoms with Crippen molar-refractivity contribution in [2.75, 3.05) is 6.54 Å². The van der Waals surface area contributed by atoms with Gasteiger partial charge in [0.15, 0.2) is 0 Å². The number of fused-ring (bicyclic) bond motifs is 1. The van der Waals surface area contributed by atoms with E-state index in [1.807, 2.05) is 23.1 Å². The van der Waals surface area contributed by atoms with Crippen molar-refractivity contribution in [1.82, 2.24) is 4.90 Å². The molecule has 2 aromatic rings. The van der Waals surface area contributed by atoms with Crippen LogP contribution >= 0.6 is 0 Å². The summed E-state index contributed by atoms with van der Waals surface area (Å²) in [6, 6.07) is 13.3. The first-order valence-electron chi connectivity index (χ1n) is 11.1. The zero-order valence-corrected chi connectivity index (χ0v) is 18.5. The lowest BCUT2D eigenvalue weighted by Crippen LogP contribution is -2.24. The van der Waals surface area contributed by atoms with Crippen molar-refractivity contribution in [3.63, 3.8) is 0 Å². The number of benzene rings is 2. The second-order valence-electron chi connectivity index (χ2n) is 9.77. The fourth-order valence-corrected chi connectivity index (χ4v) is 4.57. The second-order valence-corrected chi connectivity index (χ2v) is 9.77. The Morgan fingerprint density at radius 1 is 0.933 bits per heavy atom. The third-order valence-corrected chi connectivity index (χ3v) is 6.38. The lowest BCUT2D eigenvalue weighted by atomic mass is 9.72. The fourth-order valence-electron chi connectivity index (χ4n) is 4.57. The van der Waals surface area contributed by atoms with E-state index >= 15 is 0 Å². The lowest BCUT2D eigenvalue weighted by molar-refractivity contribution is -0.138. The molecule has 0 aromatic heterocycles. The van der Waals surface area contributed by atoms with Gasteiger partial charge in [0.25, 0.3) is 0 Å². The molecular weight excluding hydrogens is 374 g/mol. The number of carboxylic acid groups (broad SMARTS) is 1. The molecule has 1 aliphatic heterocycles. The topological polar surface area (TPSA) is 60.8 Å². The zero-order valence-electron chi connectivity index (χ0n) is 18.5. The van der Waals surface area contributed by atoms with E-state index in [4.69, 9.17) is 5.11 Å². The highest BCUT2D eigenvalue weighted by molar-refractivity contribution is 5.69. The maximum absolute atomic E-state index is 10.8. The molecule has 4 rings (SSSR count). The number of rotatable bonds is 3. The van der Waals surface area contributed by atoms with Crippen LogP contribution in [0.4, 0.5) is 0 Å². The number of aromatic hydroxyl groups is 1. The molecule has 2 aromatic carbocycles. The van der Waals surface area contributed by atoms with Gasteiger partial charge in [0, 0.05) is 13.1 Å². The number of hydrogen-bond donors (Lipinski definition) is 2. The Hall–Kier alpha value is -2.33. The Kier molecular flexibility index (Phi) is 7.19. The van der Waals surface area contributed by atoms with Crippen LogP contribution in [-0.2, 0) is 17.9 Å². The molecule has 4 nitrogen and oxygen atoms in total. The van der Waals surface area contributed by atoms with Gasteiger partial charge in [-0.15, -0.1) is 0 Å². The summed E-state index contributed by atoms with van der Waals surface area (Å²) in [6.07, 6.45) is 7.38. The van der Waals surface area contributed by atoms with E-state index < -0.39 is 5.97 Å². The molecule has 30 heavy (non-hydrogen) atoms. The number of phenols is 1. The highest BCUT2D eigenvalue weighted by Gasteiger charge is 2.25. The molecule has 0 saturated heterocycles. The van der Waals surface area contributed by atoms with Gasteiger partial charge in [-0.2, -0.15) is 0 Å². The van der Waals surface area contributed by atoms with Crippen molar-refractivity contribution < 1.29 is 15.0 Å². The van der Waals surface area contributed by atoms with E-state index in [2.05, 4.69) is 32.9 Å². The molecule has 0 unspecified atom stereocenters. The average Bonchev–Trinajstić information content (AvgIpc) is 3.10. The standard InChI is InChI=1S/C16H15NO3.C10H20/c18-15-5-3-11(4-6-15)12-1-2-13-8-17(10-16(19)20)9-14(13)7-12;1-10(2,3)9-7-5-4-6-8-9/h1-7,18H,8-10H2,(H,19,20);9H,4-8H2,1-3H3. The number of carboxylic acids is 1. The quantitative estimate of drug-likeness (QED) is 0.646. The highest BCUT2D eigenvalue weighted by Crippen LogP contribution is 2.37. The van der Waals surface area contributed by atoms with Gasteiger partial charge in [0.2, 0.25) is 0 Å². The van der Waals surface area contributed by atoms with E-state index in [9.17, 15) is 9.90 Å². The monoisotopic (exact) mass is 409 g/mol. The van der Waals surface area contributed by atoms with Gasteiger partial charge in [0.05, 0.1) is 6.54 Å². The zero-order chi connectivity index (χ0) is 21.7. The smallest absolute Gasteiger partial charge is 0.317 e. The Labute approximate surface area is 180 Å². The van der Waals surface area contributed by atoms with Crippen molar-refractivity contribution in [1.29, 1.82) is 0 Å².